The van der Waals surface area contributed by atoms with Gasteiger partial charge in [0.05, 0.1) is 5.69 Å². The van der Waals surface area contributed by atoms with E-state index in [1.165, 1.54) is 17.8 Å². The summed E-state index contributed by atoms with van der Waals surface area (Å²) in [6, 6.07) is 0. The van der Waals surface area contributed by atoms with Gasteiger partial charge in [-0.2, -0.15) is 5.10 Å². The van der Waals surface area contributed by atoms with Gasteiger partial charge in [-0.05, 0) is 13.3 Å². The zero-order valence-electron chi connectivity index (χ0n) is 8.25. The first-order valence-electron chi connectivity index (χ1n) is 4.71. The fraction of sp³-hybridized carbons (Fsp3) is 0.667. The van der Waals surface area contributed by atoms with Crippen LogP contribution in [0.1, 0.15) is 17.7 Å². The summed E-state index contributed by atoms with van der Waals surface area (Å²) in [6.45, 7) is 4.90. The number of rotatable bonds is 2. The first-order valence-corrected chi connectivity index (χ1v) is 4.71. The first kappa shape index (κ1) is 8.56. The molecule has 1 saturated heterocycles. The van der Waals surface area contributed by atoms with Gasteiger partial charge in [-0.25, -0.2) is 0 Å². The van der Waals surface area contributed by atoms with Gasteiger partial charge in [-0.15, -0.1) is 0 Å². The summed E-state index contributed by atoms with van der Waals surface area (Å²) in [4.78, 5) is 2.34. The van der Waals surface area contributed by atoms with Gasteiger partial charge in [0.15, 0.2) is 0 Å². The highest BCUT2D eigenvalue weighted by Gasteiger charge is 2.22. The van der Waals surface area contributed by atoms with Gasteiger partial charge in [0.25, 0.3) is 0 Å². The molecule has 0 aromatic carbocycles. The van der Waals surface area contributed by atoms with Crippen molar-refractivity contribution < 1.29 is 0 Å². The number of nitrogens with two attached hydrogens (primary N) is 1. The second-order valence-corrected chi connectivity index (χ2v) is 3.56. The molecule has 1 aromatic heterocycles. The second-order valence-electron chi connectivity index (χ2n) is 3.56. The molecule has 2 rings (SSSR count). The van der Waals surface area contributed by atoms with E-state index in [1.807, 2.05) is 18.7 Å². The van der Waals surface area contributed by atoms with E-state index in [4.69, 9.17) is 5.73 Å². The first-order chi connectivity index (χ1) is 6.24. The van der Waals surface area contributed by atoms with Gasteiger partial charge < -0.3 is 10.6 Å². The highest BCUT2D eigenvalue weighted by Crippen LogP contribution is 2.26. The molecule has 1 aliphatic rings. The van der Waals surface area contributed by atoms with Gasteiger partial charge in [0.1, 0.15) is 5.82 Å². The van der Waals surface area contributed by atoms with Crippen molar-refractivity contribution in [2.45, 2.75) is 19.9 Å². The minimum Gasteiger partial charge on any atom is -0.356 e. The van der Waals surface area contributed by atoms with Crippen LogP contribution in [0, 0.1) is 6.92 Å². The molecule has 0 unspecified atom stereocenters. The Labute approximate surface area is 78.3 Å². The monoisotopic (exact) mass is 180 g/mol. The van der Waals surface area contributed by atoms with E-state index >= 15 is 0 Å². The fourth-order valence-corrected chi connectivity index (χ4v) is 1.85. The van der Waals surface area contributed by atoms with Crippen molar-refractivity contribution in [3.8, 4) is 0 Å². The fourth-order valence-electron chi connectivity index (χ4n) is 1.85. The molecule has 0 amide bonds. The quantitative estimate of drug-likeness (QED) is 0.716. The minimum absolute atomic E-state index is 0.589. The maximum Gasteiger partial charge on any atom is 0.131 e. The van der Waals surface area contributed by atoms with Crippen molar-refractivity contribution in [2.24, 2.45) is 12.8 Å². The van der Waals surface area contributed by atoms with Crippen LogP contribution >= 0.6 is 0 Å². The summed E-state index contributed by atoms with van der Waals surface area (Å²) in [5.41, 5.74) is 7.96. The number of hydrogen-bond acceptors (Lipinski definition) is 3. The molecular formula is C9H16N4. The summed E-state index contributed by atoms with van der Waals surface area (Å²) < 4.78 is 1.94. The molecule has 0 saturated carbocycles. The molecule has 0 atom stereocenters. The summed E-state index contributed by atoms with van der Waals surface area (Å²) in [5.74, 6) is 1.21. The van der Waals surface area contributed by atoms with Crippen molar-refractivity contribution >= 4 is 5.82 Å². The summed E-state index contributed by atoms with van der Waals surface area (Å²) in [6.07, 6.45) is 1.29. The average Bonchev–Trinajstić information content (AvgIpc) is 2.24. The Kier molecular flexibility index (Phi) is 2.00. The topological polar surface area (TPSA) is 47.1 Å². The molecule has 0 radical (unpaired) electrons. The predicted octanol–water partition coefficient (Wildman–Crippen LogP) is 0.397. The number of anilines is 1. The molecule has 0 spiro atoms. The molecular weight excluding hydrogens is 164 g/mol. The van der Waals surface area contributed by atoms with Crippen molar-refractivity contribution in [1.82, 2.24) is 9.78 Å². The highest BCUT2D eigenvalue weighted by atomic mass is 15.4. The van der Waals surface area contributed by atoms with E-state index in [-0.39, 0.29) is 0 Å². The van der Waals surface area contributed by atoms with Crippen LogP contribution in [-0.2, 0) is 13.6 Å². The van der Waals surface area contributed by atoms with E-state index in [9.17, 15) is 0 Å². The Morgan fingerprint density at radius 3 is 2.62 bits per heavy atom. The minimum atomic E-state index is 0.589. The van der Waals surface area contributed by atoms with Gasteiger partial charge in [0.2, 0.25) is 0 Å². The number of nitrogens with zero attached hydrogens (tertiary/aromatic N) is 3. The van der Waals surface area contributed by atoms with E-state index in [2.05, 4.69) is 10.00 Å². The lowest BCUT2D eigenvalue weighted by molar-refractivity contribution is 0.583. The van der Waals surface area contributed by atoms with E-state index in [0.717, 1.165) is 18.8 Å². The zero-order chi connectivity index (χ0) is 9.42. The van der Waals surface area contributed by atoms with Crippen LogP contribution in [0.4, 0.5) is 5.82 Å². The maximum absolute atomic E-state index is 5.70. The van der Waals surface area contributed by atoms with Crippen LogP contribution in [0.5, 0.6) is 0 Å². The van der Waals surface area contributed by atoms with Gasteiger partial charge in [0, 0.05) is 32.2 Å². The standard InChI is InChI=1S/C9H16N4/c1-7-8(6-10)9(12(2)11-7)13-4-3-5-13/h3-6,10H2,1-2H3. The van der Waals surface area contributed by atoms with Gasteiger partial charge in [-0.3, -0.25) is 4.68 Å². The summed E-state index contributed by atoms with van der Waals surface area (Å²) in [7, 11) is 1.99. The molecule has 4 nitrogen and oxygen atoms in total. The summed E-state index contributed by atoms with van der Waals surface area (Å²) in [5, 5.41) is 4.38. The van der Waals surface area contributed by atoms with E-state index in [1.54, 1.807) is 0 Å². The lowest BCUT2D eigenvalue weighted by Gasteiger charge is -2.33. The van der Waals surface area contributed by atoms with Crippen LogP contribution in [-0.4, -0.2) is 22.9 Å². The molecule has 0 bridgehead atoms. The maximum atomic E-state index is 5.70. The lowest BCUT2D eigenvalue weighted by atomic mass is 10.1. The number of aryl methyl sites for hydroxylation is 2. The molecule has 13 heavy (non-hydrogen) atoms. The largest absolute Gasteiger partial charge is 0.356 e. The molecule has 4 heteroatoms. The molecule has 1 fully saturated rings. The van der Waals surface area contributed by atoms with Crippen molar-refractivity contribution in [3.05, 3.63) is 11.3 Å². The lowest BCUT2D eigenvalue weighted by Crippen LogP contribution is -2.39. The Hall–Kier alpha value is -1.03. The van der Waals surface area contributed by atoms with Crippen LogP contribution in [0.15, 0.2) is 0 Å². The number of aromatic nitrogens is 2. The smallest absolute Gasteiger partial charge is 0.131 e. The van der Waals surface area contributed by atoms with Gasteiger partial charge >= 0.3 is 0 Å². The van der Waals surface area contributed by atoms with Crippen LogP contribution < -0.4 is 10.6 Å². The third-order valence-electron chi connectivity index (χ3n) is 2.67. The normalized spacial score (nSPS) is 16.1. The Bertz CT molecular complexity index is 312. The molecule has 0 aliphatic carbocycles. The predicted molar refractivity (Wildman–Crippen MR) is 52.7 cm³/mol. The van der Waals surface area contributed by atoms with E-state index in [0.29, 0.717) is 6.54 Å². The molecule has 2 N–H and O–H groups in total. The van der Waals surface area contributed by atoms with Crippen LogP contribution in [0.3, 0.4) is 0 Å². The SMILES string of the molecule is Cc1nn(C)c(N2CCC2)c1CN. The molecule has 1 aliphatic heterocycles. The van der Waals surface area contributed by atoms with Crippen molar-refractivity contribution in [1.29, 1.82) is 0 Å². The Morgan fingerprint density at radius 1 is 1.46 bits per heavy atom. The zero-order valence-corrected chi connectivity index (χ0v) is 8.25. The Morgan fingerprint density at radius 2 is 2.15 bits per heavy atom. The second kappa shape index (κ2) is 3.03. The summed E-state index contributed by atoms with van der Waals surface area (Å²) >= 11 is 0. The van der Waals surface area contributed by atoms with Crippen molar-refractivity contribution in [2.75, 3.05) is 18.0 Å². The molecule has 2 heterocycles. The number of hydrogen-bond donors (Lipinski definition) is 1. The average molecular weight is 180 g/mol. The van der Waals surface area contributed by atoms with Gasteiger partial charge in [-0.1, -0.05) is 0 Å². The molecule has 72 valence electrons. The molecule has 1 aromatic rings. The Balaban J connectivity index is 2.40. The highest BCUT2D eigenvalue weighted by molar-refractivity contribution is 5.51. The van der Waals surface area contributed by atoms with Crippen molar-refractivity contribution in [3.63, 3.8) is 0 Å². The van der Waals surface area contributed by atoms with Crippen LogP contribution in [0.25, 0.3) is 0 Å². The van der Waals surface area contributed by atoms with E-state index < -0.39 is 0 Å². The third-order valence-corrected chi connectivity index (χ3v) is 2.67. The van der Waals surface area contributed by atoms with Crippen LogP contribution in [0.2, 0.25) is 0 Å². The third kappa shape index (κ3) is 1.21.